The molecule has 1 aromatic carbocycles. The molecule has 9 heteroatoms. The number of aliphatic hydroxyl groups is 1. The third-order valence-corrected chi connectivity index (χ3v) is 10.4. The average molecular weight is 553 g/mol. The van der Waals surface area contributed by atoms with Crippen molar-refractivity contribution in [3.05, 3.63) is 48.6 Å². The van der Waals surface area contributed by atoms with E-state index >= 15 is 0 Å². The van der Waals surface area contributed by atoms with Gasteiger partial charge in [0.05, 0.1) is 29.2 Å². The van der Waals surface area contributed by atoms with Crippen molar-refractivity contribution in [2.45, 2.75) is 56.2 Å². The molecule has 1 unspecified atom stereocenters. The highest BCUT2D eigenvalue weighted by Crippen LogP contribution is 2.61. The van der Waals surface area contributed by atoms with E-state index in [2.05, 4.69) is 24.8 Å². The Morgan fingerprint density at radius 2 is 1.74 bits per heavy atom. The SMILES string of the molecule is CCCN1CC=C[C@@H]2S[C@]34C=CCN(c5ccc(N(CC)CC)cc5)C(=O)C3N([C@H](C)CO)C(=O)[C@@H]4[C@@H]2C1=O. The van der Waals surface area contributed by atoms with Crippen LogP contribution in [0.25, 0.3) is 0 Å². The molecule has 2 fully saturated rings. The molecule has 0 radical (unpaired) electrons. The quantitative estimate of drug-likeness (QED) is 0.500. The first-order valence-electron chi connectivity index (χ1n) is 14.2. The van der Waals surface area contributed by atoms with Crippen LogP contribution in [0, 0.1) is 11.8 Å². The van der Waals surface area contributed by atoms with E-state index in [0.717, 1.165) is 30.9 Å². The number of anilines is 2. The third-order valence-electron chi connectivity index (χ3n) is 8.70. The first kappa shape index (κ1) is 27.8. The predicted molar refractivity (Wildman–Crippen MR) is 156 cm³/mol. The lowest BCUT2D eigenvalue weighted by Crippen LogP contribution is -2.56. The highest BCUT2D eigenvalue weighted by Gasteiger charge is 2.71. The number of carbonyl (C=O) groups excluding carboxylic acids is 3. The van der Waals surface area contributed by atoms with Gasteiger partial charge in [0.1, 0.15) is 6.04 Å². The van der Waals surface area contributed by atoms with Crippen LogP contribution in [0.2, 0.25) is 0 Å². The van der Waals surface area contributed by atoms with Gasteiger partial charge in [-0.25, -0.2) is 0 Å². The lowest BCUT2D eigenvalue weighted by molar-refractivity contribution is -0.144. The molecule has 39 heavy (non-hydrogen) atoms. The first-order valence-corrected chi connectivity index (χ1v) is 15.1. The van der Waals surface area contributed by atoms with E-state index in [9.17, 15) is 19.5 Å². The van der Waals surface area contributed by atoms with E-state index in [1.54, 1.807) is 28.5 Å². The van der Waals surface area contributed by atoms with Crippen molar-refractivity contribution in [3.8, 4) is 0 Å². The van der Waals surface area contributed by atoms with Crippen molar-refractivity contribution in [3.63, 3.8) is 0 Å². The van der Waals surface area contributed by atoms with Gasteiger partial charge < -0.3 is 24.7 Å². The van der Waals surface area contributed by atoms with Crippen molar-refractivity contribution < 1.29 is 19.5 Å². The van der Waals surface area contributed by atoms with E-state index in [-0.39, 0.29) is 29.6 Å². The topological polar surface area (TPSA) is 84.4 Å². The second-order valence-corrected chi connectivity index (χ2v) is 12.4. The van der Waals surface area contributed by atoms with Crippen molar-refractivity contribution in [2.24, 2.45) is 11.8 Å². The van der Waals surface area contributed by atoms with Gasteiger partial charge >= 0.3 is 0 Å². The van der Waals surface area contributed by atoms with Crippen LogP contribution in [-0.4, -0.2) is 94.0 Å². The van der Waals surface area contributed by atoms with Gasteiger partial charge in [0.2, 0.25) is 11.8 Å². The lowest BCUT2D eigenvalue weighted by atomic mass is 9.78. The summed E-state index contributed by atoms with van der Waals surface area (Å²) >= 11 is 1.58. The molecule has 2 saturated heterocycles. The fraction of sp³-hybridized carbons (Fsp3) is 0.567. The molecule has 4 aliphatic rings. The van der Waals surface area contributed by atoms with Gasteiger partial charge in [0.25, 0.3) is 5.91 Å². The second kappa shape index (κ2) is 11.0. The Bertz CT molecular complexity index is 1170. The zero-order valence-electron chi connectivity index (χ0n) is 23.3. The summed E-state index contributed by atoms with van der Waals surface area (Å²) in [6.45, 7) is 11.1. The Hall–Kier alpha value is -2.78. The van der Waals surface area contributed by atoms with Crippen LogP contribution in [0.15, 0.2) is 48.6 Å². The van der Waals surface area contributed by atoms with Gasteiger partial charge in [-0.05, 0) is 51.5 Å². The summed E-state index contributed by atoms with van der Waals surface area (Å²) in [5.74, 6) is -1.59. The summed E-state index contributed by atoms with van der Waals surface area (Å²) in [5, 5.41) is 9.96. The minimum absolute atomic E-state index is 0.0132. The smallest absolute Gasteiger partial charge is 0.251 e. The zero-order valence-corrected chi connectivity index (χ0v) is 24.1. The maximum Gasteiger partial charge on any atom is 0.251 e. The molecule has 0 bridgehead atoms. The third kappa shape index (κ3) is 4.38. The molecule has 4 aliphatic heterocycles. The normalized spacial score (nSPS) is 30.7. The van der Waals surface area contributed by atoms with Crippen molar-refractivity contribution >= 4 is 40.9 Å². The molecule has 1 spiro atoms. The lowest BCUT2D eigenvalue weighted by Gasteiger charge is -2.37. The molecule has 5 rings (SSSR count). The molecule has 1 aromatic rings. The Morgan fingerprint density at radius 1 is 1.03 bits per heavy atom. The highest BCUT2D eigenvalue weighted by molar-refractivity contribution is 8.02. The molecule has 0 aliphatic carbocycles. The van der Waals surface area contributed by atoms with E-state index in [4.69, 9.17) is 0 Å². The Morgan fingerprint density at radius 3 is 2.38 bits per heavy atom. The highest BCUT2D eigenvalue weighted by atomic mass is 32.2. The number of rotatable bonds is 8. The number of nitrogens with zero attached hydrogens (tertiary/aromatic N) is 4. The molecule has 0 aromatic heterocycles. The van der Waals surface area contributed by atoms with E-state index in [1.165, 1.54) is 0 Å². The maximum absolute atomic E-state index is 14.5. The summed E-state index contributed by atoms with van der Waals surface area (Å²) in [6, 6.07) is 6.64. The van der Waals surface area contributed by atoms with Crippen LogP contribution in [-0.2, 0) is 14.4 Å². The minimum Gasteiger partial charge on any atom is -0.394 e. The monoisotopic (exact) mass is 552 g/mol. The summed E-state index contributed by atoms with van der Waals surface area (Å²) in [7, 11) is 0. The molecule has 3 amide bonds. The van der Waals surface area contributed by atoms with E-state index in [1.807, 2.05) is 54.3 Å². The van der Waals surface area contributed by atoms with Crippen LogP contribution < -0.4 is 9.80 Å². The van der Waals surface area contributed by atoms with Crippen LogP contribution in [0.4, 0.5) is 11.4 Å². The molecule has 6 atom stereocenters. The van der Waals surface area contributed by atoms with Crippen LogP contribution >= 0.6 is 11.8 Å². The standard InChI is InChI=1S/C30H40N4O4S/c1-5-16-32-17-8-10-23-24(27(32)36)25-28(37)34(20(4)19-35)26-29(38)33(18-9-15-30(25,26)39-23)22-13-11-21(12-14-22)31(6-2)7-3/h8-15,20,23-26,35H,5-7,16-19H2,1-4H3/t20-,23+,24-,25+,26?,30+/m1/s1. The molecule has 4 heterocycles. The average Bonchev–Trinajstić information content (AvgIpc) is 3.27. The van der Waals surface area contributed by atoms with Crippen molar-refractivity contribution in [2.75, 3.05) is 49.1 Å². The number of hydrogen-bond donors (Lipinski definition) is 1. The van der Waals surface area contributed by atoms with Gasteiger partial charge in [0.15, 0.2) is 0 Å². The number of fused-ring (bicyclic) bond motifs is 2. The van der Waals surface area contributed by atoms with Crippen molar-refractivity contribution in [1.29, 1.82) is 0 Å². The second-order valence-electron chi connectivity index (χ2n) is 10.9. The Kier molecular flexibility index (Phi) is 7.84. The fourth-order valence-corrected chi connectivity index (χ4v) is 8.82. The largest absolute Gasteiger partial charge is 0.394 e. The first-order chi connectivity index (χ1) is 18.8. The number of amides is 3. The molecule has 0 saturated carbocycles. The molecule has 8 nitrogen and oxygen atoms in total. The van der Waals surface area contributed by atoms with Gasteiger partial charge in [-0.15, -0.1) is 11.8 Å². The molecule has 1 N–H and O–H groups in total. The number of benzene rings is 1. The minimum atomic E-state index is -0.877. The number of likely N-dealkylation sites (tertiary alicyclic amines) is 1. The van der Waals surface area contributed by atoms with Gasteiger partial charge in [-0.2, -0.15) is 0 Å². The molecular formula is C30H40N4O4S. The van der Waals surface area contributed by atoms with Crippen molar-refractivity contribution in [1.82, 2.24) is 9.80 Å². The summed E-state index contributed by atoms with van der Waals surface area (Å²) in [5.41, 5.74) is 1.87. The number of carbonyl (C=O) groups is 3. The number of aliphatic hydroxyl groups excluding tert-OH is 1. The maximum atomic E-state index is 14.5. The Balaban J connectivity index is 1.56. The van der Waals surface area contributed by atoms with E-state index in [0.29, 0.717) is 19.6 Å². The van der Waals surface area contributed by atoms with E-state index < -0.39 is 28.7 Å². The number of hydrogen-bond acceptors (Lipinski definition) is 6. The fourth-order valence-electron chi connectivity index (χ4n) is 6.83. The zero-order chi connectivity index (χ0) is 27.9. The van der Waals surface area contributed by atoms with Crippen LogP contribution in [0.1, 0.15) is 34.1 Å². The van der Waals surface area contributed by atoms with Gasteiger partial charge in [-0.3, -0.25) is 14.4 Å². The van der Waals surface area contributed by atoms with Crippen LogP contribution in [0.5, 0.6) is 0 Å². The van der Waals surface area contributed by atoms with Gasteiger partial charge in [-0.1, -0.05) is 31.2 Å². The van der Waals surface area contributed by atoms with Crippen LogP contribution in [0.3, 0.4) is 0 Å². The van der Waals surface area contributed by atoms with Gasteiger partial charge in [0, 0.05) is 49.3 Å². The summed E-state index contributed by atoms with van der Waals surface area (Å²) in [6.07, 6.45) is 8.94. The predicted octanol–water partition coefficient (Wildman–Crippen LogP) is 2.92. The Labute approximate surface area is 235 Å². The summed E-state index contributed by atoms with van der Waals surface area (Å²) in [4.78, 5) is 49.9. The molecule has 210 valence electrons. The molecular weight excluding hydrogens is 512 g/mol. The summed E-state index contributed by atoms with van der Waals surface area (Å²) < 4.78 is -0.877. The number of thioether (sulfide) groups is 1.